The lowest BCUT2D eigenvalue weighted by molar-refractivity contribution is 0.0768. The van der Waals surface area contributed by atoms with Gasteiger partial charge in [-0.05, 0) is 31.8 Å². The van der Waals surface area contributed by atoms with Crippen LogP contribution in [0.2, 0.25) is 0 Å². The smallest absolute Gasteiger partial charge is 0.254 e. The zero-order valence-corrected chi connectivity index (χ0v) is 9.73. The molecule has 0 atom stereocenters. The molecule has 86 valence electrons. The molecule has 0 fully saturated rings. The van der Waals surface area contributed by atoms with Crippen LogP contribution in [0.5, 0.6) is 0 Å². The molecule has 1 aromatic carbocycles. The number of nitrogens with two attached hydrogens (primary N) is 1. The van der Waals surface area contributed by atoms with Crippen LogP contribution in [0.25, 0.3) is 0 Å². The van der Waals surface area contributed by atoms with Crippen LogP contribution in [0.3, 0.4) is 0 Å². The van der Waals surface area contributed by atoms with Crippen LogP contribution in [-0.2, 0) is 6.54 Å². The minimum Gasteiger partial charge on any atom is -0.399 e. The number of nitrogen functional groups attached to an aromatic ring is 1. The molecule has 2 rings (SSSR count). The Morgan fingerprint density at radius 3 is 2.88 bits per heavy atom. The summed E-state index contributed by atoms with van der Waals surface area (Å²) in [7, 11) is 4.01. The van der Waals surface area contributed by atoms with Crippen LogP contribution in [0.4, 0.5) is 5.69 Å². The van der Waals surface area contributed by atoms with Gasteiger partial charge in [-0.1, -0.05) is 6.07 Å². The Morgan fingerprint density at radius 2 is 2.19 bits per heavy atom. The van der Waals surface area contributed by atoms with Crippen molar-refractivity contribution in [2.75, 3.05) is 32.9 Å². The molecule has 0 aliphatic carbocycles. The summed E-state index contributed by atoms with van der Waals surface area (Å²) in [6.45, 7) is 2.36. The minimum atomic E-state index is 0.101. The van der Waals surface area contributed by atoms with Crippen molar-refractivity contribution in [2.45, 2.75) is 6.54 Å². The second-order valence-corrected chi connectivity index (χ2v) is 4.45. The zero-order chi connectivity index (χ0) is 11.7. The van der Waals surface area contributed by atoms with E-state index in [1.807, 2.05) is 31.1 Å². The van der Waals surface area contributed by atoms with Gasteiger partial charge in [-0.25, -0.2) is 0 Å². The van der Waals surface area contributed by atoms with E-state index in [9.17, 15) is 4.79 Å². The number of carbonyl (C=O) groups excluding carboxylic acids is 1. The lowest BCUT2D eigenvalue weighted by Gasteiger charge is -2.18. The highest BCUT2D eigenvalue weighted by Gasteiger charge is 2.26. The molecule has 0 bridgehead atoms. The Hall–Kier alpha value is -1.55. The topological polar surface area (TPSA) is 49.6 Å². The fourth-order valence-electron chi connectivity index (χ4n) is 1.88. The summed E-state index contributed by atoms with van der Waals surface area (Å²) in [6.07, 6.45) is 0. The van der Waals surface area contributed by atoms with Crippen LogP contribution in [0, 0.1) is 0 Å². The standard InChI is InChI=1S/C12H17N3O/c1-14(2)5-6-15-8-9-3-4-10(13)7-11(9)12(15)16/h3-4,7H,5-6,8,13H2,1-2H3. The molecule has 1 aromatic rings. The second-order valence-electron chi connectivity index (χ2n) is 4.45. The predicted molar refractivity (Wildman–Crippen MR) is 64.1 cm³/mol. The summed E-state index contributed by atoms with van der Waals surface area (Å²) < 4.78 is 0. The summed E-state index contributed by atoms with van der Waals surface area (Å²) in [4.78, 5) is 16.0. The number of hydrogen-bond acceptors (Lipinski definition) is 3. The molecule has 0 unspecified atom stereocenters. The van der Waals surface area contributed by atoms with Gasteiger partial charge in [-0.3, -0.25) is 4.79 Å². The van der Waals surface area contributed by atoms with E-state index in [1.165, 1.54) is 0 Å². The van der Waals surface area contributed by atoms with Gasteiger partial charge >= 0.3 is 0 Å². The largest absolute Gasteiger partial charge is 0.399 e. The van der Waals surface area contributed by atoms with E-state index in [-0.39, 0.29) is 5.91 Å². The van der Waals surface area contributed by atoms with Crippen LogP contribution in [-0.4, -0.2) is 42.9 Å². The molecule has 1 heterocycles. The Labute approximate surface area is 95.6 Å². The van der Waals surface area contributed by atoms with Crippen molar-refractivity contribution in [3.63, 3.8) is 0 Å². The Kier molecular flexibility index (Phi) is 2.83. The van der Waals surface area contributed by atoms with E-state index in [4.69, 9.17) is 5.73 Å². The maximum Gasteiger partial charge on any atom is 0.254 e. The third-order valence-corrected chi connectivity index (χ3v) is 2.83. The molecule has 0 saturated carbocycles. The second kappa shape index (κ2) is 4.14. The molecule has 0 spiro atoms. The van der Waals surface area contributed by atoms with Crippen molar-refractivity contribution in [2.24, 2.45) is 0 Å². The minimum absolute atomic E-state index is 0.101. The van der Waals surface area contributed by atoms with Crippen molar-refractivity contribution in [3.05, 3.63) is 29.3 Å². The molecule has 0 saturated heterocycles. The summed E-state index contributed by atoms with van der Waals surface area (Å²) in [5.74, 6) is 0.101. The van der Waals surface area contributed by atoms with Gasteiger partial charge in [0.1, 0.15) is 0 Å². The first-order chi connectivity index (χ1) is 7.58. The number of benzene rings is 1. The Bertz CT molecular complexity index is 415. The first kappa shape index (κ1) is 11.0. The molecular formula is C12H17N3O. The summed E-state index contributed by atoms with van der Waals surface area (Å²) in [5.41, 5.74) is 8.18. The molecule has 4 heteroatoms. The maximum absolute atomic E-state index is 12.0. The number of likely N-dealkylation sites (N-methyl/N-ethyl adjacent to an activating group) is 1. The average Bonchev–Trinajstić information content (AvgIpc) is 2.53. The Morgan fingerprint density at radius 1 is 1.44 bits per heavy atom. The van der Waals surface area contributed by atoms with Gasteiger partial charge in [0.15, 0.2) is 0 Å². The summed E-state index contributed by atoms with van der Waals surface area (Å²) >= 11 is 0. The van der Waals surface area contributed by atoms with Gasteiger partial charge in [0.05, 0.1) is 0 Å². The van der Waals surface area contributed by atoms with E-state index >= 15 is 0 Å². The van der Waals surface area contributed by atoms with Crippen molar-refractivity contribution in [3.8, 4) is 0 Å². The van der Waals surface area contributed by atoms with Crippen molar-refractivity contribution < 1.29 is 4.79 Å². The SMILES string of the molecule is CN(C)CCN1Cc2ccc(N)cc2C1=O. The molecule has 1 aliphatic heterocycles. The lowest BCUT2D eigenvalue weighted by atomic mass is 10.1. The van der Waals surface area contributed by atoms with E-state index in [0.717, 1.165) is 24.2 Å². The van der Waals surface area contributed by atoms with Crippen LogP contribution < -0.4 is 5.73 Å². The summed E-state index contributed by atoms with van der Waals surface area (Å²) in [5, 5.41) is 0. The number of amides is 1. The monoisotopic (exact) mass is 219 g/mol. The number of hydrogen-bond donors (Lipinski definition) is 1. The quantitative estimate of drug-likeness (QED) is 0.764. The van der Waals surface area contributed by atoms with Gasteiger partial charge in [-0.2, -0.15) is 0 Å². The zero-order valence-electron chi connectivity index (χ0n) is 9.73. The predicted octanol–water partition coefficient (Wildman–Crippen LogP) is 0.786. The van der Waals surface area contributed by atoms with E-state index < -0.39 is 0 Å². The lowest BCUT2D eigenvalue weighted by Crippen LogP contribution is -2.31. The molecule has 4 nitrogen and oxygen atoms in total. The molecule has 0 aromatic heterocycles. The summed E-state index contributed by atoms with van der Waals surface area (Å²) in [6, 6.07) is 5.56. The third kappa shape index (κ3) is 2.02. The van der Waals surface area contributed by atoms with Gasteiger partial charge in [0.25, 0.3) is 5.91 Å². The van der Waals surface area contributed by atoms with Gasteiger partial charge in [-0.15, -0.1) is 0 Å². The van der Waals surface area contributed by atoms with Gasteiger partial charge in [0, 0.05) is 30.9 Å². The van der Waals surface area contributed by atoms with E-state index in [2.05, 4.69) is 4.90 Å². The number of anilines is 1. The molecule has 2 N–H and O–H groups in total. The normalized spacial score (nSPS) is 14.7. The maximum atomic E-state index is 12.0. The average molecular weight is 219 g/mol. The molecule has 1 aliphatic rings. The third-order valence-electron chi connectivity index (χ3n) is 2.83. The van der Waals surface area contributed by atoms with Crippen LogP contribution in [0.15, 0.2) is 18.2 Å². The van der Waals surface area contributed by atoms with Crippen molar-refractivity contribution in [1.29, 1.82) is 0 Å². The number of nitrogens with zero attached hydrogens (tertiary/aromatic N) is 2. The first-order valence-electron chi connectivity index (χ1n) is 5.40. The van der Waals surface area contributed by atoms with Crippen LogP contribution in [0.1, 0.15) is 15.9 Å². The van der Waals surface area contributed by atoms with Crippen molar-refractivity contribution >= 4 is 11.6 Å². The van der Waals surface area contributed by atoms with Crippen LogP contribution >= 0.6 is 0 Å². The molecule has 0 radical (unpaired) electrons. The van der Waals surface area contributed by atoms with Gasteiger partial charge < -0.3 is 15.5 Å². The molecule has 16 heavy (non-hydrogen) atoms. The number of fused-ring (bicyclic) bond motifs is 1. The number of rotatable bonds is 3. The first-order valence-corrected chi connectivity index (χ1v) is 5.40. The fraction of sp³-hybridized carbons (Fsp3) is 0.417. The molecule has 1 amide bonds. The van der Waals surface area contributed by atoms with E-state index in [1.54, 1.807) is 6.07 Å². The molecular weight excluding hydrogens is 202 g/mol. The highest BCUT2D eigenvalue weighted by Crippen LogP contribution is 2.24. The highest BCUT2D eigenvalue weighted by molar-refractivity contribution is 5.99. The van der Waals surface area contributed by atoms with E-state index in [0.29, 0.717) is 12.2 Å². The Balaban J connectivity index is 2.12. The van der Waals surface area contributed by atoms with Crippen molar-refractivity contribution in [1.82, 2.24) is 9.80 Å². The highest BCUT2D eigenvalue weighted by atomic mass is 16.2. The fourth-order valence-corrected chi connectivity index (χ4v) is 1.88. The van der Waals surface area contributed by atoms with Gasteiger partial charge in [0.2, 0.25) is 0 Å². The number of carbonyl (C=O) groups is 1.